The van der Waals surface area contributed by atoms with Crippen LogP contribution in [0.15, 0.2) is 29.4 Å². The smallest absolute Gasteiger partial charge is 0.191 e. The third kappa shape index (κ3) is 8.89. The van der Waals surface area contributed by atoms with Crippen LogP contribution in [0.4, 0.5) is 5.82 Å². The number of hydrogen-bond acceptors (Lipinski definition) is 3. The maximum absolute atomic E-state index is 4.58. The molecule has 1 rings (SSSR count). The van der Waals surface area contributed by atoms with E-state index in [2.05, 4.69) is 39.8 Å². The highest BCUT2D eigenvalue weighted by atomic mass is 15.2. The monoisotopic (exact) mass is 291 g/mol. The average molecular weight is 291 g/mol. The number of nitrogens with one attached hydrogen (secondary N) is 3. The van der Waals surface area contributed by atoms with Crippen LogP contribution in [0.1, 0.15) is 39.5 Å². The summed E-state index contributed by atoms with van der Waals surface area (Å²) < 4.78 is 0. The van der Waals surface area contributed by atoms with E-state index in [0.717, 1.165) is 50.8 Å². The lowest BCUT2D eigenvalue weighted by molar-refractivity contribution is 0.719. The van der Waals surface area contributed by atoms with Crippen molar-refractivity contribution < 1.29 is 0 Å². The van der Waals surface area contributed by atoms with Crippen molar-refractivity contribution in [1.82, 2.24) is 15.6 Å². The first-order valence-corrected chi connectivity index (χ1v) is 8.04. The van der Waals surface area contributed by atoms with Gasteiger partial charge in [-0.15, -0.1) is 0 Å². The Morgan fingerprint density at radius 3 is 2.71 bits per heavy atom. The van der Waals surface area contributed by atoms with Gasteiger partial charge < -0.3 is 16.0 Å². The Labute approximate surface area is 128 Å². The molecule has 1 aromatic rings. The average Bonchev–Trinajstić information content (AvgIpc) is 2.52. The van der Waals surface area contributed by atoms with Crippen molar-refractivity contribution in [3.8, 4) is 0 Å². The summed E-state index contributed by atoms with van der Waals surface area (Å²) in [5.74, 6) is 1.87. The Morgan fingerprint density at radius 1 is 1.10 bits per heavy atom. The van der Waals surface area contributed by atoms with E-state index < -0.39 is 0 Å². The molecule has 5 nitrogen and oxygen atoms in total. The third-order valence-electron chi connectivity index (χ3n) is 2.99. The van der Waals surface area contributed by atoms with Gasteiger partial charge in [-0.25, -0.2) is 4.98 Å². The van der Waals surface area contributed by atoms with Crippen LogP contribution in [0.2, 0.25) is 0 Å². The molecule has 0 saturated carbocycles. The molecule has 0 radical (unpaired) electrons. The first kappa shape index (κ1) is 17.3. The van der Waals surface area contributed by atoms with Gasteiger partial charge in [0.15, 0.2) is 5.96 Å². The van der Waals surface area contributed by atoms with Crippen LogP contribution in [0.3, 0.4) is 0 Å². The molecule has 0 amide bonds. The standard InChI is InChI=1S/C16H29N5/c1-3-5-11-20-16(17-4-2)21-14-9-8-13-19-15-10-6-7-12-18-15/h6-7,10,12H,3-5,8-9,11,13-14H2,1-2H3,(H,18,19)(H2,17,20,21). The molecule has 0 aliphatic heterocycles. The number of unbranched alkanes of at least 4 members (excludes halogenated alkanes) is 2. The highest BCUT2D eigenvalue weighted by Crippen LogP contribution is 2.00. The summed E-state index contributed by atoms with van der Waals surface area (Å²) >= 11 is 0. The van der Waals surface area contributed by atoms with Crippen molar-refractivity contribution in [1.29, 1.82) is 0 Å². The van der Waals surface area contributed by atoms with E-state index >= 15 is 0 Å². The van der Waals surface area contributed by atoms with Crippen molar-refractivity contribution in [3.05, 3.63) is 24.4 Å². The highest BCUT2D eigenvalue weighted by molar-refractivity contribution is 5.79. The number of aliphatic imine (C=N–C) groups is 1. The lowest BCUT2D eigenvalue weighted by atomic mass is 10.3. The Kier molecular flexibility index (Phi) is 9.87. The largest absolute Gasteiger partial charge is 0.370 e. The maximum atomic E-state index is 4.58. The molecule has 118 valence electrons. The maximum Gasteiger partial charge on any atom is 0.191 e. The molecular weight excluding hydrogens is 262 g/mol. The number of nitrogens with zero attached hydrogens (tertiary/aromatic N) is 2. The summed E-state index contributed by atoms with van der Waals surface area (Å²) in [5.41, 5.74) is 0. The topological polar surface area (TPSA) is 61.3 Å². The zero-order valence-electron chi connectivity index (χ0n) is 13.4. The van der Waals surface area contributed by atoms with Gasteiger partial charge in [0.25, 0.3) is 0 Å². The lowest BCUT2D eigenvalue weighted by Gasteiger charge is -2.10. The zero-order chi connectivity index (χ0) is 15.2. The molecule has 0 aromatic carbocycles. The van der Waals surface area contributed by atoms with Gasteiger partial charge in [-0.2, -0.15) is 0 Å². The summed E-state index contributed by atoms with van der Waals surface area (Å²) in [6.45, 7) is 7.97. The Balaban J connectivity index is 2.12. The fourth-order valence-corrected chi connectivity index (χ4v) is 1.84. The van der Waals surface area contributed by atoms with E-state index in [-0.39, 0.29) is 0 Å². The predicted octanol–water partition coefficient (Wildman–Crippen LogP) is 2.63. The molecule has 1 aromatic heterocycles. The summed E-state index contributed by atoms with van der Waals surface area (Å²) in [4.78, 5) is 8.81. The molecule has 0 atom stereocenters. The number of rotatable bonds is 10. The van der Waals surface area contributed by atoms with Crippen LogP contribution in [0.25, 0.3) is 0 Å². The van der Waals surface area contributed by atoms with Crippen LogP contribution in [0, 0.1) is 0 Å². The minimum absolute atomic E-state index is 0.853. The van der Waals surface area contributed by atoms with Crippen molar-refractivity contribution in [2.45, 2.75) is 39.5 Å². The van der Waals surface area contributed by atoms with E-state index in [4.69, 9.17) is 0 Å². The Bertz CT molecular complexity index is 378. The molecule has 3 N–H and O–H groups in total. The number of aromatic nitrogens is 1. The number of guanidine groups is 1. The first-order chi connectivity index (χ1) is 10.4. The van der Waals surface area contributed by atoms with Gasteiger partial charge in [0.05, 0.1) is 0 Å². The molecule has 0 spiro atoms. The summed E-state index contributed by atoms with van der Waals surface area (Å²) in [5, 5.41) is 9.93. The van der Waals surface area contributed by atoms with Crippen molar-refractivity contribution in [2.24, 2.45) is 4.99 Å². The van der Waals surface area contributed by atoms with Gasteiger partial charge in [-0.1, -0.05) is 19.4 Å². The number of hydrogen-bond donors (Lipinski definition) is 3. The van der Waals surface area contributed by atoms with Crippen LogP contribution in [-0.2, 0) is 0 Å². The second-order valence-electron chi connectivity index (χ2n) is 4.89. The van der Waals surface area contributed by atoms with Gasteiger partial charge in [-0.05, 0) is 38.3 Å². The second kappa shape index (κ2) is 12.0. The first-order valence-electron chi connectivity index (χ1n) is 8.04. The minimum Gasteiger partial charge on any atom is -0.370 e. The van der Waals surface area contributed by atoms with Crippen molar-refractivity contribution >= 4 is 11.8 Å². The molecule has 21 heavy (non-hydrogen) atoms. The van der Waals surface area contributed by atoms with Crippen LogP contribution >= 0.6 is 0 Å². The Morgan fingerprint density at radius 2 is 2.00 bits per heavy atom. The van der Waals surface area contributed by atoms with Gasteiger partial charge in [0, 0.05) is 32.4 Å². The van der Waals surface area contributed by atoms with Crippen molar-refractivity contribution in [3.63, 3.8) is 0 Å². The normalized spacial score (nSPS) is 11.2. The lowest BCUT2D eigenvalue weighted by Crippen LogP contribution is -2.37. The fourth-order valence-electron chi connectivity index (χ4n) is 1.84. The molecular formula is C16H29N5. The van der Waals surface area contributed by atoms with E-state index in [1.807, 2.05) is 18.2 Å². The molecule has 0 saturated heterocycles. The summed E-state index contributed by atoms with van der Waals surface area (Å²) in [6.07, 6.45) is 6.35. The SMILES string of the molecule is CCCCNC(=NCCCCNc1ccccn1)NCC. The Hall–Kier alpha value is -1.78. The van der Waals surface area contributed by atoms with Gasteiger partial charge in [-0.3, -0.25) is 4.99 Å². The predicted molar refractivity (Wildman–Crippen MR) is 90.9 cm³/mol. The molecule has 0 aliphatic rings. The molecule has 0 aliphatic carbocycles. The van der Waals surface area contributed by atoms with E-state index in [1.165, 1.54) is 12.8 Å². The molecule has 0 bridgehead atoms. The van der Waals surface area contributed by atoms with Gasteiger partial charge >= 0.3 is 0 Å². The molecule has 1 heterocycles. The number of anilines is 1. The second-order valence-corrected chi connectivity index (χ2v) is 4.89. The van der Waals surface area contributed by atoms with Gasteiger partial charge in [0.1, 0.15) is 5.82 Å². The van der Waals surface area contributed by atoms with E-state index in [1.54, 1.807) is 6.20 Å². The van der Waals surface area contributed by atoms with Crippen LogP contribution in [0.5, 0.6) is 0 Å². The van der Waals surface area contributed by atoms with E-state index in [9.17, 15) is 0 Å². The van der Waals surface area contributed by atoms with Crippen LogP contribution in [-0.4, -0.2) is 37.1 Å². The molecule has 0 fully saturated rings. The van der Waals surface area contributed by atoms with Crippen LogP contribution < -0.4 is 16.0 Å². The van der Waals surface area contributed by atoms with E-state index in [0.29, 0.717) is 0 Å². The molecule has 0 unspecified atom stereocenters. The fraction of sp³-hybridized carbons (Fsp3) is 0.625. The van der Waals surface area contributed by atoms with Gasteiger partial charge in [0.2, 0.25) is 0 Å². The minimum atomic E-state index is 0.853. The molecule has 5 heteroatoms. The quantitative estimate of drug-likeness (QED) is 0.352. The summed E-state index contributed by atoms with van der Waals surface area (Å²) in [7, 11) is 0. The highest BCUT2D eigenvalue weighted by Gasteiger charge is 1.96. The number of pyridine rings is 1. The zero-order valence-corrected chi connectivity index (χ0v) is 13.4. The van der Waals surface area contributed by atoms with Crippen molar-refractivity contribution in [2.75, 3.05) is 31.5 Å². The summed E-state index contributed by atoms with van der Waals surface area (Å²) in [6, 6.07) is 5.90. The third-order valence-corrected chi connectivity index (χ3v) is 2.99.